The molecular formula is C20H24FN5O3. The molecule has 3 aliphatic rings. The number of fused-ring (bicyclic) bond motifs is 2. The molecule has 9 heteroatoms. The number of hydrogen-bond acceptors (Lipinski definition) is 7. The highest BCUT2D eigenvalue weighted by molar-refractivity contribution is 5.82. The van der Waals surface area contributed by atoms with E-state index in [9.17, 15) is 4.39 Å². The van der Waals surface area contributed by atoms with Crippen molar-refractivity contribution in [3.63, 3.8) is 0 Å². The second-order valence-corrected chi connectivity index (χ2v) is 8.28. The van der Waals surface area contributed by atoms with Crippen LogP contribution in [0.25, 0.3) is 11.2 Å². The van der Waals surface area contributed by atoms with Crippen molar-refractivity contribution in [3.8, 4) is 12.3 Å². The number of aromatic nitrogens is 4. The first-order valence-corrected chi connectivity index (χ1v) is 10.0. The molecule has 4 heterocycles. The fraction of sp³-hybridized carbons (Fsp3) is 0.650. The first kappa shape index (κ1) is 18.7. The largest absolute Gasteiger partial charge is 0.362 e. The van der Waals surface area contributed by atoms with Gasteiger partial charge in [-0.15, -0.1) is 6.42 Å². The van der Waals surface area contributed by atoms with Gasteiger partial charge < -0.3 is 19.5 Å². The summed E-state index contributed by atoms with van der Waals surface area (Å²) in [5.74, 6) is 2.41. The Kier molecular flexibility index (Phi) is 4.46. The van der Waals surface area contributed by atoms with Crippen molar-refractivity contribution >= 4 is 17.0 Å². The second-order valence-electron chi connectivity index (χ2n) is 8.28. The summed E-state index contributed by atoms with van der Waals surface area (Å²) in [5, 5.41) is 3.23. The fourth-order valence-corrected chi connectivity index (χ4v) is 4.50. The molecule has 0 spiro atoms. The van der Waals surface area contributed by atoms with Crippen LogP contribution in [0.3, 0.4) is 0 Å². The van der Waals surface area contributed by atoms with Crippen LogP contribution in [0, 0.1) is 12.3 Å². The Labute approximate surface area is 168 Å². The lowest BCUT2D eigenvalue weighted by Gasteiger charge is -2.27. The maximum absolute atomic E-state index is 14.3. The maximum atomic E-state index is 14.3. The van der Waals surface area contributed by atoms with E-state index in [-0.39, 0.29) is 18.2 Å². The van der Waals surface area contributed by atoms with E-state index >= 15 is 0 Å². The molecule has 2 saturated heterocycles. The van der Waals surface area contributed by atoms with E-state index in [2.05, 4.69) is 26.2 Å². The van der Waals surface area contributed by atoms with Crippen LogP contribution in [0.1, 0.15) is 45.8 Å². The molecule has 1 saturated carbocycles. The van der Waals surface area contributed by atoms with Gasteiger partial charge in [0, 0.05) is 0 Å². The van der Waals surface area contributed by atoms with Gasteiger partial charge in [0.05, 0.1) is 12.4 Å². The molecule has 6 atom stereocenters. The van der Waals surface area contributed by atoms with Gasteiger partial charge in [0.15, 0.2) is 29.0 Å². The van der Waals surface area contributed by atoms with E-state index in [1.54, 1.807) is 10.9 Å². The van der Waals surface area contributed by atoms with E-state index in [1.807, 2.05) is 13.8 Å². The molecule has 2 aromatic rings. The van der Waals surface area contributed by atoms with E-state index in [1.165, 1.54) is 6.33 Å². The molecule has 2 aromatic heterocycles. The summed E-state index contributed by atoms with van der Waals surface area (Å²) in [4.78, 5) is 13.2. The molecular weight excluding hydrogens is 377 g/mol. The van der Waals surface area contributed by atoms with E-state index in [0.29, 0.717) is 23.4 Å². The Bertz CT molecular complexity index is 957. The molecule has 29 heavy (non-hydrogen) atoms. The fourth-order valence-electron chi connectivity index (χ4n) is 4.50. The lowest BCUT2D eigenvalue weighted by atomic mass is 9.93. The predicted molar refractivity (Wildman–Crippen MR) is 103 cm³/mol. The van der Waals surface area contributed by atoms with Gasteiger partial charge in [0.2, 0.25) is 0 Å². The number of nitrogens with one attached hydrogen (secondary N) is 1. The molecule has 8 nitrogen and oxygen atoms in total. The third-order valence-electron chi connectivity index (χ3n) is 5.83. The number of nitrogens with zero attached hydrogens (tertiary/aromatic N) is 4. The van der Waals surface area contributed by atoms with Crippen molar-refractivity contribution in [2.75, 3.05) is 5.32 Å². The zero-order valence-electron chi connectivity index (χ0n) is 16.4. The number of hydrogen-bond donors (Lipinski definition) is 1. The molecule has 2 aliphatic heterocycles. The number of ether oxygens (including phenoxy) is 3. The van der Waals surface area contributed by atoms with Gasteiger partial charge in [-0.3, -0.25) is 4.57 Å². The zero-order chi connectivity index (χ0) is 20.2. The summed E-state index contributed by atoms with van der Waals surface area (Å²) in [6.07, 6.45) is 9.27. The third kappa shape index (κ3) is 3.16. The SMILES string of the molecule is C#C[C@H]1O[C@@H](n2cnc3c(NC4CCCCC4F)ncnc32)[C@@H]2OC(C)(C)O[C@@H]21. The van der Waals surface area contributed by atoms with Crippen molar-refractivity contribution in [3.05, 3.63) is 12.7 Å². The highest BCUT2D eigenvalue weighted by Crippen LogP contribution is 2.43. The van der Waals surface area contributed by atoms with Crippen LogP contribution in [0.4, 0.5) is 10.2 Å². The Morgan fingerprint density at radius 1 is 1.21 bits per heavy atom. The van der Waals surface area contributed by atoms with Crippen LogP contribution >= 0.6 is 0 Å². The van der Waals surface area contributed by atoms with Crippen LogP contribution in [-0.4, -0.2) is 55.8 Å². The van der Waals surface area contributed by atoms with Crippen molar-refractivity contribution < 1.29 is 18.6 Å². The number of terminal acetylenes is 1. The third-order valence-corrected chi connectivity index (χ3v) is 5.83. The monoisotopic (exact) mass is 401 g/mol. The highest BCUT2D eigenvalue weighted by Gasteiger charge is 2.55. The predicted octanol–water partition coefficient (Wildman–Crippen LogP) is 2.57. The quantitative estimate of drug-likeness (QED) is 0.792. The van der Waals surface area contributed by atoms with Crippen LogP contribution in [0.5, 0.6) is 0 Å². The number of alkyl halides is 1. The topological polar surface area (TPSA) is 83.3 Å². The summed E-state index contributed by atoms with van der Waals surface area (Å²) < 4.78 is 34.1. The summed E-state index contributed by atoms with van der Waals surface area (Å²) >= 11 is 0. The van der Waals surface area contributed by atoms with Crippen molar-refractivity contribution in [1.29, 1.82) is 0 Å². The lowest BCUT2D eigenvalue weighted by Crippen LogP contribution is -2.34. The first-order valence-electron chi connectivity index (χ1n) is 10.0. The standard InChI is InChI=1S/C20H24FN5O3/c1-4-13-15-16(29-20(2,3)28-15)19(27-13)26-10-24-14-17(22-9-23-18(14)26)25-12-8-6-5-7-11(12)21/h1,9-13,15-16,19H,5-8H2,2-3H3,(H,22,23,25)/t11?,12?,13-,15-,16-,19-/m1/s1. The molecule has 0 radical (unpaired) electrons. The van der Waals surface area contributed by atoms with Gasteiger partial charge in [-0.25, -0.2) is 19.3 Å². The van der Waals surface area contributed by atoms with Crippen LogP contribution < -0.4 is 5.32 Å². The molecule has 0 bridgehead atoms. The number of imidazole rings is 1. The summed E-state index contributed by atoms with van der Waals surface area (Å²) in [7, 11) is 0. The van der Waals surface area contributed by atoms with E-state index in [4.69, 9.17) is 20.6 Å². The minimum atomic E-state index is -0.891. The zero-order valence-corrected chi connectivity index (χ0v) is 16.4. The minimum absolute atomic E-state index is 0.266. The average molecular weight is 401 g/mol. The number of anilines is 1. The molecule has 0 amide bonds. The van der Waals surface area contributed by atoms with Crippen LogP contribution in [-0.2, 0) is 14.2 Å². The van der Waals surface area contributed by atoms with Crippen molar-refractivity contribution in [2.45, 2.75) is 82.1 Å². The Morgan fingerprint density at radius 3 is 2.79 bits per heavy atom. The van der Waals surface area contributed by atoms with Gasteiger partial charge in [-0.2, -0.15) is 0 Å². The van der Waals surface area contributed by atoms with E-state index < -0.39 is 24.3 Å². The Morgan fingerprint density at radius 2 is 2.00 bits per heavy atom. The average Bonchev–Trinajstić information content (AvgIpc) is 3.34. The number of halogens is 1. The van der Waals surface area contributed by atoms with Gasteiger partial charge in [0.25, 0.3) is 0 Å². The lowest BCUT2D eigenvalue weighted by molar-refractivity contribution is -0.190. The Balaban J connectivity index is 1.47. The normalized spacial score (nSPS) is 36.1. The minimum Gasteiger partial charge on any atom is -0.362 e. The molecule has 2 unspecified atom stereocenters. The first-order chi connectivity index (χ1) is 14.0. The molecule has 1 aliphatic carbocycles. The highest BCUT2D eigenvalue weighted by atomic mass is 19.1. The van der Waals surface area contributed by atoms with Gasteiger partial charge >= 0.3 is 0 Å². The molecule has 3 fully saturated rings. The summed E-state index contributed by atoms with van der Waals surface area (Å²) in [6.45, 7) is 3.70. The van der Waals surface area contributed by atoms with Crippen molar-refractivity contribution in [1.82, 2.24) is 19.5 Å². The van der Waals surface area contributed by atoms with Crippen LogP contribution in [0.15, 0.2) is 12.7 Å². The van der Waals surface area contributed by atoms with Gasteiger partial charge in [0.1, 0.15) is 30.8 Å². The molecule has 5 rings (SSSR count). The second kappa shape index (κ2) is 6.90. The summed E-state index contributed by atoms with van der Waals surface area (Å²) in [6, 6.07) is -0.266. The van der Waals surface area contributed by atoms with E-state index in [0.717, 1.165) is 19.3 Å². The molecule has 0 aromatic carbocycles. The molecule has 154 valence electrons. The van der Waals surface area contributed by atoms with Crippen LogP contribution in [0.2, 0.25) is 0 Å². The molecule has 1 N–H and O–H groups in total. The summed E-state index contributed by atoms with van der Waals surface area (Å²) in [5.41, 5.74) is 1.14. The van der Waals surface area contributed by atoms with Gasteiger partial charge in [-0.1, -0.05) is 18.8 Å². The Hall–Kier alpha value is -2.28. The maximum Gasteiger partial charge on any atom is 0.167 e. The number of rotatable bonds is 3. The van der Waals surface area contributed by atoms with Crippen molar-refractivity contribution in [2.24, 2.45) is 0 Å². The smallest absolute Gasteiger partial charge is 0.167 e. The van der Waals surface area contributed by atoms with Gasteiger partial charge in [-0.05, 0) is 26.7 Å².